The average Bonchev–Trinajstić information content (AvgIpc) is 2.46. The molecule has 1 saturated carbocycles. The predicted molar refractivity (Wildman–Crippen MR) is 53.4 cm³/mol. The van der Waals surface area contributed by atoms with Gasteiger partial charge in [0.05, 0.1) is 5.41 Å². The molecule has 1 nitrogen and oxygen atoms in total. The summed E-state index contributed by atoms with van der Waals surface area (Å²) in [5, 5.41) is 0. The standard InChI is InChI=1S/C12H16O/c1-2-8-12-9-4-3-5-10(12)6-7-11(12)13/h2,6,8H,3-5,7,9H2,1H3/b8-2+. The average molecular weight is 176 g/mol. The molecule has 0 N–H and O–H groups in total. The number of hydrogen-bond acceptors (Lipinski definition) is 1. The first-order valence-corrected chi connectivity index (χ1v) is 5.16. The molecule has 0 aliphatic heterocycles. The van der Waals surface area contributed by atoms with Crippen LogP contribution in [0.4, 0.5) is 0 Å². The van der Waals surface area contributed by atoms with Crippen molar-refractivity contribution in [3.8, 4) is 0 Å². The molecule has 1 heteroatoms. The fraction of sp³-hybridized carbons (Fsp3) is 0.583. The van der Waals surface area contributed by atoms with Gasteiger partial charge in [0, 0.05) is 6.42 Å². The molecule has 0 radical (unpaired) electrons. The Morgan fingerprint density at radius 3 is 3.08 bits per heavy atom. The van der Waals surface area contributed by atoms with Crippen LogP contribution in [0.2, 0.25) is 0 Å². The van der Waals surface area contributed by atoms with E-state index in [0.717, 1.165) is 12.8 Å². The van der Waals surface area contributed by atoms with Crippen molar-refractivity contribution in [3.63, 3.8) is 0 Å². The summed E-state index contributed by atoms with van der Waals surface area (Å²) in [6.45, 7) is 2.01. The minimum Gasteiger partial charge on any atom is -0.298 e. The number of ketones is 1. The molecule has 1 unspecified atom stereocenters. The van der Waals surface area contributed by atoms with Gasteiger partial charge >= 0.3 is 0 Å². The van der Waals surface area contributed by atoms with Crippen molar-refractivity contribution < 1.29 is 4.79 Å². The van der Waals surface area contributed by atoms with Crippen LogP contribution in [0.1, 0.15) is 39.0 Å². The maximum atomic E-state index is 11.8. The number of Topliss-reactive ketones (excluding diaryl/α,β-unsaturated/α-hetero) is 1. The van der Waals surface area contributed by atoms with Crippen LogP contribution in [-0.4, -0.2) is 5.78 Å². The van der Waals surface area contributed by atoms with E-state index in [2.05, 4.69) is 12.2 Å². The van der Waals surface area contributed by atoms with Crippen molar-refractivity contribution in [2.24, 2.45) is 5.41 Å². The van der Waals surface area contributed by atoms with Crippen LogP contribution in [0.3, 0.4) is 0 Å². The first-order chi connectivity index (χ1) is 6.29. The first kappa shape index (κ1) is 8.74. The largest absolute Gasteiger partial charge is 0.298 e. The minimum atomic E-state index is -0.160. The van der Waals surface area contributed by atoms with Gasteiger partial charge in [-0.15, -0.1) is 0 Å². The monoisotopic (exact) mass is 176 g/mol. The zero-order valence-electron chi connectivity index (χ0n) is 8.18. The molecular formula is C12H16O. The van der Waals surface area contributed by atoms with E-state index in [1.807, 2.05) is 13.0 Å². The summed E-state index contributed by atoms with van der Waals surface area (Å²) in [5.41, 5.74) is 1.23. The molecule has 0 saturated heterocycles. The summed E-state index contributed by atoms with van der Waals surface area (Å²) in [6, 6.07) is 0. The second-order valence-corrected chi connectivity index (χ2v) is 4.04. The van der Waals surface area contributed by atoms with E-state index in [4.69, 9.17) is 0 Å². The number of rotatable bonds is 1. The Balaban J connectivity index is 2.37. The number of fused-ring (bicyclic) bond motifs is 1. The maximum Gasteiger partial charge on any atom is 0.150 e. The van der Waals surface area contributed by atoms with Gasteiger partial charge in [0.25, 0.3) is 0 Å². The molecule has 0 bridgehead atoms. The van der Waals surface area contributed by atoms with Crippen molar-refractivity contribution in [3.05, 3.63) is 23.8 Å². The van der Waals surface area contributed by atoms with Crippen LogP contribution >= 0.6 is 0 Å². The maximum absolute atomic E-state index is 11.8. The second kappa shape index (κ2) is 3.13. The minimum absolute atomic E-state index is 0.160. The molecule has 0 aromatic carbocycles. The lowest BCUT2D eigenvalue weighted by molar-refractivity contribution is -0.123. The molecule has 70 valence electrons. The molecule has 0 aromatic rings. The van der Waals surface area contributed by atoms with Gasteiger partial charge < -0.3 is 0 Å². The Morgan fingerprint density at radius 2 is 2.31 bits per heavy atom. The summed E-state index contributed by atoms with van der Waals surface area (Å²) in [7, 11) is 0. The Bertz CT molecular complexity index is 285. The van der Waals surface area contributed by atoms with Crippen LogP contribution in [0.25, 0.3) is 0 Å². The summed E-state index contributed by atoms with van der Waals surface area (Å²) >= 11 is 0. The molecule has 0 heterocycles. The second-order valence-electron chi connectivity index (χ2n) is 4.04. The van der Waals surface area contributed by atoms with Gasteiger partial charge in [0.1, 0.15) is 0 Å². The van der Waals surface area contributed by atoms with Crippen molar-refractivity contribution in [1.29, 1.82) is 0 Å². The molecule has 2 rings (SSSR count). The highest BCUT2D eigenvalue weighted by atomic mass is 16.1. The molecule has 13 heavy (non-hydrogen) atoms. The van der Waals surface area contributed by atoms with Gasteiger partial charge in [-0.2, -0.15) is 0 Å². The number of allylic oxidation sites excluding steroid dienone is 4. The molecular weight excluding hydrogens is 160 g/mol. The Labute approximate surface area is 79.5 Å². The fourth-order valence-electron chi connectivity index (χ4n) is 2.67. The Kier molecular flexibility index (Phi) is 2.10. The number of hydrogen-bond donors (Lipinski definition) is 0. The SMILES string of the molecule is C/C=C/C12CCCCC1=CCC2=O. The van der Waals surface area contributed by atoms with Gasteiger partial charge in [-0.05, 0) is 26.2 Å². The highest BCUT2D eigenvalue weighted by Gasteiger charge is 2.43. The molecule has 0 amide bonds. The number of carbonyl (C=O) groups excluding carboxylic acids is 1. The quantitative estimate of drug-likeness (QED) is 0.561. The Morgan fingerprint density at radius 1 is 1.46 bits per heavy atom. The smallest absolute Gasteiger partial charge is 0.150 e. The van der Waals surface area contributed by atoms with E-state index in [9.17, 15) is 4.79 Å². The molecule has 2 aliphatic carbocycles. The van der Waals surface area contributed by atoms with Crippen LogP contribution in [0, 0.1) is 5.41 Å². The van der Waals surface area contributed by atoms with Crippen molar-refractivity contribution in [1.82, 2.24) is 0 Å². The summed E-state index contributed by atoms with van der Waals surface area (Å²) < 4.78 is 0. The van der Waals surface area contributed by atoms with E-state index in [0.29, 0.717) is 12.2 Å². The zero-order valence-corrected chi connectivity index (χ0v) is 8.18. The molecule has 1 fully saturated rings. The highest BCUT2D eigenvalue weighted by molar-refractivity contribution is 5.94. The third-order valence-electron chi connectivity index (χ3n) is 3.32. The normalized spacial score (nSPS) is 33.6. The topological polar surface area (TPSA) is 17.1 Å². The van der Waals surface area contributed by atoms with Crippen LogP contribution in [0.15, 0.2) is 23.8 Å². The van der Waals surface area contributed by atoms with Crippen molar-refractivity contribution in [2.75, 3.05) is 0 Å². The fourth-order valence-corrected chi connectivity index (χ4v) is 2.67. The predicted octanol–water partition coefficient (Wildman–Crippen LogP) is 3.02. The van der Waals surface area contributed by atoms with Crippen molar-refractivity contribution in [2.45, 2.75) is 39.0 Å². The van der Waals surface area contributed by atoms with Gasteiger partial charge in [-0.3, -0.25) is 4.79 Å². The third kappa shape index (κ3) is 1.18. The lowest BCUT2D eigenvalue weighted by Gasteiger charge is -2.32. The first-order valence-electron chi connectivity index (χ1n) is 5.16. The summed E-state index contributed by atoms with van der Waals surface area (Å²) in [5.74, 6) is 0.417. The van der Waals surface area contributed by atoms with Crippen molar-refractivity contribution >= 4 is 5.78 Å². The van der Waals surface area contributed by atoms with E-state index in [-0.39, 0.29) is 5.41 Å². The summed E-state index contributed by atoms with van der Waals surface area (Å²) in [4.78, 5) is 11.8. The van der Waals surface area contributed by atoms with Crippen LogP contribution < -0.4 is 0 Å². The highest BCUT2D eigenvalue weighted by Crippen LogP contribution is 2.47. The molecule has 0 aromatic heterocycles. The Hall–Kier alpha value is -0.850. The molecule has 1 atom stereocenters. The lowest BCUT2D eigenvalue weighted by atomic mass is 9.70. The van der Waals surface area contributed by atoms with Crippen LogP contribution in [-0.2, 0) is 4.79 Å². The summed E-state index contributed by atoms with van der Waals surface area (Å²) in [6.07, 6.45) is 11.6. The van der Waals surface area contributed by atoms with Gasteiger partial charge in [-0.25, -0.2) is 0 Å². The molecule has 0 spiro atoms. The van der Waals surface area contributed by atoms with E-state index >= 15 is 0 Å². The van der Waals surface area contributed by atoms with E-state index in [1.165, 1.54) is 18.4 Å². The van der Waals surface area contributed by atoms with Crippen LogP contribution in [0.5, 0.6) is 0 Å². The third-order valence-corrected chi connectivity index (χ3v) is 3.32. The zero-order chi connectivity index (χ0) is 9.31. The van der Waals surface area contributed by atoms with Gasteiger partial charge in [0.15, 0.2) is 5.78 Å². The van der Waals surface area contributed by atoms with Gasteiger partial charge in [0.2, 0.25) is 0 Å². The van der Waals surface area contributed by atoms with E-state index < -0.39 is 0 Å². The number of carbonyl (C=O) groups is 1. The lowest BCUT2D eigenvalue weighted by Crippen LogP contribution is -2.29. The van der Waals surface area contributed by atoms with Gasteiger partial charge in [-0.1, -0.05) is 30.2 Å². The van der Waals surface area contributed by atoms with E-state index in [1.54, 1.807) is 0 Å². The molecule has 2 aliphatic rings.